The molecule has 0 aromatic heterocycles. The number of hydrogen-bond acceptors (Lipinski definition) is 1. The van der Waals surface area contributed by atoms with E-state index in [-0.39, 0.29) is 12.1 Å². The summed E-state index contributed by atoms with van der Waals surface area (Å²) in [6.45, 7) is 0.273. The van der Waals surface area contributed by atoms with Crippen LogP contribution >= 0.6 is 0 Å². The molecule has 0 amide bonds. The zero-order chi connectivity index (χ0) is 11.8. The smallest absolute Gasteiger partial charge is 0.194 e. The maximum absolute atomic E-state index is 13.7. The Balaban J connectivity index is 2.51. The third-order valence-corrected chi connectivity index (χ3v) is 3.56. The van der Waals surface area contributed by atoms with E-state index in [9.17, 15) is 13.2 Å². The lowest BCUT2D eigenvalue weighted by atomic mass is 9.78. The third kappa shape index (κ3) is 1.61. The van der Waals surface area contributed by atoms with E-state index >= 15 is 0 Å². The van der Waals surface area contributed by atoms with E-state index in [1.54, 1.807) is 0 Å². The quantitative estimate of drug-likeness (QED) is 0.775. The van der Waals surface area contributed by atoms with Crippen LogP contribution in [-0.2, 0) is 5.41 Å². The molecule has 4 heteroatoms. The van der Waals surface area contributed by atoms with Crippen LogP contribution in [0.1, 0.15) is 31.2 Å². The molecule has 1 aliphatic carbocycles. The lowest BCUT2D eigenvalue weighted by molar-refractivity contribution is 0.391. The molecule has 0 unspecified atom stereocenters. The van der Waals surface area contributed by atoms with Crippen molar-refractivity contribution in [2.24, 2.45) is 5.73 Å². The van der Waals surface area contributed by atoms with Crippen LogP contribution in [0.3, 0.4) is 0 Å². The van der Waals surface area contributed by atoms with Gasteiger partial charge in [-0.3, -0.25) is 0 Å². The summed E-state index contributed by atoms with van der Waals surface area (Å²) < 4.78 is 39.7. The third-order valence-electron chi connectivity index (χ3n) is 3.56. The van der Waals surface area contributed by atoms with E-state index in [2.05, 4.69) is 0 Å². The highest BCUT2D eigenvalue weighted by molar-refractivity contribution is 5.30. The Bertz CT molecular complexity index is 397. The van der Waals surface area contributed by atoms with Crippen LogP contribution in [0.2, 0.25) is 0 Å². The van der Waals surface area contributed by atoms with Crippen LogP contribution in [0, 0.1) is 17.5 Å². The fourth-order valence-electron chi connectivity index (χ4n) is 2.57. The summed E-state index contributed by atoms with van der Waals surface area (Å²) in [6, 6.07) is 2.30. The van der Waals surface area contributed by atoms with Crippen molar-refractivity contribution in [1.82, 2.24) is 0 Å². The van der Waals surface area contributed by atoms with Crippen molar-refractivity contribution in [1.29, 1.82) is 0 Å². The fourth-order valence-corrected chi connectivity index (χ4v) is 2.57. The zero-order valence-corrected chi connectivity index (χ0v) is 8.90. The standard InChI is InChI=1S/C12H14F3N/c13-9-4-3-8(10(14)11(9)15)12(7-16)5-1-2-6-12/h3-4H,1-2,5-7,16H2. The van der Waals surface area contributed by atoms with Crippen molar-refractivity contribution < 1.29 is 13.2 Å². The van der Waals surface area contributed by atoms with Crippen molar-refractivity contribution in [2.45, 2.75) is 31.1 Å². The molecule has 1 fully saturated rings. The number of nitrogens with two attached hydrogens (primary N) is 1. The van der Waals surface area contributed by atoms with E-state index in [4.69, 9.17) is 5.73 Å². The average Bonchev–Trinajstić information content (AvgIpc) is 2.76. The van der Waals surface area contributed by atoms with Crippen molar-refractivity contribution in [3.8, 4) is 0 Å². The van der Waals surface area contributed by atoms with E-state index in [1.165, 1.54) is 6.07 Å². The summed E-state index contributed by atoms with van der Waals surface area (Å²) in [7, 11) is 0. The van der Waals surface area contributed by atoms with Gasteiger partial charge in [-0.05, 0) is 24.5 Å². The molecule has 0 heterocycles. The summed E-state index contributed by atoms with van der Waals surface area (Å²) >= 11 is 0. The predicted octanol–water partition coefficient (Wildman–Crippen LogP) is 2.87. The largest absolute Gasteiger partial charge is 0.330 e. The molecule has 0 bridgehead atoms. The van der Waals surface area contributed by atoms with Gasteiger partial charge in [0.15, 0.2) is 17.5 Å². The van der Waals surface area contributed by atoms with Gasteiger partial charge in [0.25, 0.3) is 0 Å². The molecule has 0 saturated heterocycles. The van der Waals surface area contributed by atoms with E-state index in [0.717, 1.165) is 31.7 Å². The number of benzene rings is 1. The zero-order valence-electron chi connectivity index (χ0n) is 8.90. The van der Waals surface area contributed by atoms with Gasteiger partial charge < -0.3 is 5.73 Å². The Hall–Kier alpha value is -1.03. The fraction of sp³-hybridized carbons (Fsp3) is 0.500. The summed E-state index contributed by atoms with van der Waals surface area (Å²) in [5.74, 6) is -3.61. The minimum absolute atomic E-state index is 0.228. The maximum atomic E-state index is 13.7. The van der Waals surface area contributed by atoms with Crippen LogP contribution in [0.4, 0.5) is 13.2 Å². The summed E-state index contributed by atoms with van der Waals surface area (Å²) in [4.78, 5) is 0. The Morgan fingerprint density at radius 3 is 2.25 bits per heavy atom. The molecule has 0 spiro atoms. The summed E-state index contributed by atoms with van der Waals surface area (Å²) in [6.07, 6.45) is 3.39. The molecule has 1 aromatic rings. The first-order valence-electron chi connectivity index (χ1n) is 5.45. The first-order chi connectivity index (χ1) is 7.60. The van der Waals surface area contributed by atoms with Crippen LogP contribution in [0.25, 0.3) is 0 Å². The van der Waals surface area contributed by atoms with Crippen LogP contribution in [0.5, 0.6) is 0 Å². The Morgan fingerprint density at radius 2 is 1.69 bits per heavy atom. The highest BCUT2D eigenvalue weighted by Crippen LogP contribution is 2.41. The van der Waals surface area contributed by atoms with Crippen molar-refractivity contribution in [3.05, 3.63) is 35.1 Å². The molecule has 88 valence electrons. The molecule has 0 radical (unpaired) electrons. The van der Waals surface area contributed by atoms with E-state index in [1.807, 2.05) is 0 Å². The van der Waals surface area contributed by atoms with E-state index < -0.39 is 22.9 Å². The Morgan fingerprint density at radius 1 is 1.06 bits per heavy atom. The van der Waals surface area contributed by atoms with E-state index in [0.29, 0.717) is 0 Å². The van der Waals surface area contributed by atoms with Gasteiger partial charge in [0.1, 0.15) is 0 Å². The lowest BCUT2D eigenvalue weighted by Crippen LogP contribution is -2.33. The first kappa shape index (κ1) is 11.5. The second kappa shape index (κ2) is 4.09. The molecule has 0 atom stereocenters. The van der Waals surface area contributed by atoms with Gasteiger partial charge in [-0.1, -0.05) is 18.9 Å². The van der Waals surface area contributed by atoms with Gasteiger partial charge >= 0.3 is 0 Å². The molecular formula is C12H14F3N. The molecule has 16 heavy (non-hydrogen) atoms. The second-order valence-electron chi connectivity index (χ2n) is 4.41. The molecular weight excluding hydrogens is 215 g/mol. The normalized spacial score (nSPS) is 19.0. The minimum Gasteiger partial charge on any atom is -0.330 e. The molecule has 2 rings (SSSR count). The monoisotopic (exact) mass is 229 g/mol. The van der Waals surface area contributed by atoms with Crippen LogP contribution < -0.4 is 5.73 Å². The second-order valence-corrected chi connectivity index (χ2v) is 4.41. The predicted molar refractivity (Wildman–Crippen MR) is 55.5 cm³/mol. The van der Waals surface area contributed by atoms with Gasteiger partial charge in [0.2, 0.25) is 0 Å². The van der Waals surface area contributed by atoms with Gasteiger partial charge in [-0.25, -0.2) is 13.2 Å². The molecule has 1 nitrogen and oxygen atoms in total. The topological polar surface area (TPSA) is 26.0 Å². The first-order valence-corrected chi connectivity index (χ1v) is 5.45. The highest BCUT2D eigenvalue weighted by Gasteiger charge is 2.37. The lowest BCUT2D eigenvalue weighted by Gasteiger charge is -2.28. The van der Waals surface area contributed by atoms with Gasteiger partial charge in [-0.15, -0.1) is 0 Å². The van der Waals surface area contributed by atoms with Crippen LogP contribution in [-0.4, -0.2) is 6.54 Å². The van der Waals surface area contributed by atoms with Gasteiger partial charge in [0.05, 0.1) is 0 Å². The highest BCUT2D eigenvalue weighted by atomic mass is 19.2. The Labute approximate surface area is 92.5 Å². The van der Waals surface area contributed by atoms with Crippen molar-refractivity contribution in [2.75, 3.05) is 6.54 Å². The molecule has 1 aromatic carbocycles. The molecule has 0 aliphatic heterocycles. The van der Waals surface area contributed by atoms with Crippen molar-refractivity contribution in [3.63, 3.8) is 0 Å². The summed E-state index contributed by atoms with van der Waals surface area (Å²) in [5, 5.41) is 0. The van der Waals surface area contributed by atoms with Crippen LogP contribution in [0.15, 0.2) is 12.1 Å². The average molecular weight is 229 g/mol. The maximum Gasteiger partial charge on any atom is 0.194 e. The summed E-state index contributed by atoms with van der Waals surface area (Å²) in [5.41, 5.74) is 5.40. The SMILES string of the molecule is NCC1(c2ccc(F)c(F)c2F)CCCC1. The number of rotatable bonds is 2. The number of halogens is 3. The molecule has 1 aliphatic rings. The van der Waals surface area contributed by atoms with Crippen molar-refractivity contribution >= 4 is 0 Å². The van der Waals surface area contributed by atoms with Gasteiger partial charge in [-0.2, -0.15) is 0 Å². The Kier molecular flexibility index (Phi) is 2.93. The molecule has 1 saturated carbocycles. The molecule has 2 N–H and O–H groups in total. The number of hydrogen-bond donors (Lipinski definition) is 1. The minimum atomic E-state index is -1.39. The van der Waals surface area contributed by atoms with Gasteiger partial charge in [0, 0.05) is 12.0 Å².